The van der Waals surface area contributed by atoms with Gasteiger partial charge in [-0.2, -0.15) is 11.8 Å². The number of rotatable bonds is 8. The largest absolute Gasteiger partial charge is 0.310 e. The molecule has 1 aromatic carbocycles. The van der Waals surface area contributed by atoms with Crippen molar-refractivity contribution >= 4 is 11.8 Å². The van der Waals surface area contributed by atoms with Crippen molar-refractivity contribution in [3.63, 3.8) is 0 Å². The summed E-state index contributed by atoms with van der Waals surface area (Å²) in [4.78, 5) is 0. The lowest BCUT2D eigenvalue weighted by molar-refractivity contribution is 0.605. The quantitative estimate of drug-likeness (QED) is 0.689. The van der Waals surface area contributed by atoms with Gasteiger partial charge in [0.15, 0.2) is 0 Å². The Morgan fingerprint density at radius 3 is 2.17 bits per heavy atom. The maximum Gasteiger partial charge on any atom is 0.0411 e. The Labute approximate surface area is 117 Å². The van der Waals surface area contributed by atoms with E-state index in [0.29, 0.717) is 12.0 Å². The lowest BCUT2D eigenvalue weighted by Gasteiger charge is -2.18. The van der Waals surface area contributed by atoms with Crippen LogP contribution in [0.4, 0.5) is 0 Å². The number of nitrogens with one attached hydrogen (secondary N) is 1. The maximum absolute atomic E-state index is 3.59. The highest BCUT2D eigenvalue weighted by molar-refractivity contribution is 7.99. The van der Waals surface area contributed by atoms with Crippen molar-refractivity contribution in [3.8, 4) is 0 Å². The van der Waals surface area contributed by atoms with Crippen LogP contribution >= 0.6 is 11.8 Å². The molecular weight excluding hydrogens is 238 g/mol. The molecule has 0 amide bonds. The molecule has 0 aliphatic heterocycles. The minimum Gasteiger partial charge on any atom is -0.310 e. The van der Waals surface area contributed by atoms with Gasteiger partial charge in [-0.25, -0.2) is 0 Å². The molecule has 0 spiro atoms. The fourth-order valence-corrected chi connectivity index (χ4v) is 2.98. The lowest BCUT2D eigenvalue weighted by Crippen LogP contribution is -2.23. The molecular formula is C16H27NS. The van der Waals surface area contributed by atoms with Crippen molar-refractivity contribution in [2.24, 2.45) is 0 Å². The molecule has 0 aromatic heterocycles. The summed E-state index contributed by atoms with van der Waals surface area (Å²) in [7, 11) is 0. The van der Waals surface area contributed by atoms with E-state index in [2.05, 4.69) is 57.3 Å². The predicted octanol–water partition coefficient (Wildman–Crippen LogP) is 4.60. The van der Waals surface area contributed by atoms with Crippen molar-refractivity contribution in [3.05, 3.63) is 35.4 Å². The van der Waals surface area contributed by atoms with Crippen LogP contribution in [-0.2, 0) is 0 Å². The van der Waals surface area contributed by atoms with E-state index in [1.54, 1.807) is 0 Å². The summed E-state index contributed by atoms with van der Waals surface area (Å²) in [6.45, 7) is 9.94. The molecule has 0 aliphatic rings. The molecule has 0 radical (unpaired) electrons. The molecule has 0 saturated heterocycles. The molecule has 0 heterocycles. The number of hydrogen-bond donors (Lipinski definition) is 1. The topological polar surface area (TPSA) is 12.0 Å². The van der Waals surface area contributed by atoms with Crippen molar-refractivity contribution in [1.29, 1.82) is 0 Å². The third-order valence-electron chi connectivity index (χ3n) is 3.09. The summed E-state index contributed by atoms with van der Waals surface area (Å²) in [5.74, 6) is 3.04. The van der Waals surface area contributed by atoms with Gasteiger partial charge in [0.25, 0.3) is 0 Å². The minimum atomic E-state index is 0.493. The van der Waals surface area contributed by atoms with Gasteiger partial charge in [-0.3, -0.25) is 0 Å². The average molecular weight is 265 g/mol. The second-order valence-electron chi connectivity index (χ2n) is 5.01. The summed E-state index contributed by atoms with van der Waals surface area (Å²) < 4.78 is 0. The summed E-state index contributed by atoms with van der Waals surface area (Å²) in [5.41, 5.74) is 2.85. The molecule has 1 rings (SSSR count). The molecule has 1 unspecified atom stereocenters. The van der Waals surface area contributed by atoms with Crippen LogP contribution in [0.3, 0.4) is 0 Å². The van der Waals surface area contributed by atoms with Crippen LogP contribution in [-0.4, -0.2) is 18.1 Å². The average Bonchev–Trinajstić information content (AvgIpc) is 2.38. The van der Waals surface area contributed by atoms with Crippen LogP contribution in [0.15, 0.2) is 24.3 Å². The fraction of sp³-hybridized carbons (Fsp3) is 0.625. The molecule has 0 saturated carbocycles. The van der Waals surface area contributed by atoms with Gasteiger partial charge in [0.1, 0.15) is 0 Å². The van der Waals surface area contributed by atoms with E-state index in [4.69, 9.17) is 0 Å². The second kappa shape index (κ2) is 8.60. The zero-order chi connectivity index (χ0) is 13.4. The van der Waals surface area contributed by atoms with Crippen LogP contribution in [0, 0.1) is 0 Å². The first-order chi connectivity index (χ1) is 8.69. The fourth-order valence-electron chi connectivity index (χ4n) is 1.98. The van der Waals surface area contributed by atoms with Gasteiger partial charge in [0.05, 0.1) is 0 Å². The van der Waals surface area contributed by atoms with Gasteiger partial charge in [-0.1, -0.05) is 52.0 Å². The van der Waals surface area contributed by atoms with Crippen LogP contribution in [0.2, 0.25) is 0 Å². The number of benzene rings is 1. The zero-order valence-corrected chi connectivity index (χ0v) is 13.0. The SMILES string of the molecule is CCCSCC(NCC)c1ccc(C(C)C)cc1. The molecule has 1 nitrogen and oxygen atoms in total. The Bertz CT molecular complexity index is 318. The van der Waals surface area contributed by atoms with E-state index < -0.39 is 0 Å². The third kappa shape index (κ3) is 5.03. The Hall–Kier alpha value is -0.470. The first-order valence-electron chi connectivity index (χ1n) is 7.10. The smallest absolute Gasteiger partial charge is 0.0411 e. The van der Waals surface area contributed by atoms with Gasteiger partial charge in [-0.05, 0) is 35.8 Å². The van der Waals surface area contributed by atoms with Crippen LogP contribution < -0.4 is 5.32 Å². The monoisotopic (exact) mass is 265 g/mol. The Morgan fingerprint density at radius 2 is 1.67 bits per heavy atom. The Kier molecular flexibility index (Phi) is 7.45. The molecule has 1 atom stereocenters. The molecule has 1 N–H and O–H groups in total. The summed E-state index contributed by atoms with van der Waals surface area (Å²) in [5, 5.41) is 3.59. The highest BCUT2D eigenvalue weighted by atomic mass is 32.2. The van der Waals surface area contributed by atoms with Gasteiger partial charge < -0.3 is 5.32 Å². The number of thioether (sulfide) groups is 1. The summed E-state index contributed by atoms with van der Waals surface area (Å²) in [6, 6.07) is 9.61. The lowest BCUT2D eigenvalue weighted by atomic mass is 9.99. The van der Waals surface area contributed by atoms with Crippen molar-refractivity contribution in [2.45, 2.75) is 46.1 Å². The van der Waals surface area contributed by atoms with E-state index in [-0.39, 0.29) is 0 Å². The van der Waals surface area contributed by atoms with Crippen molar-refractivity contribution < 1.29 is 0 Å². The Morgan fingerprint density at radius 1 is 1.06 bits per heavy atom. The predicted molar refractivity (Wildman–Crippen MR) is 84.6 cm³/mol. The molecule has 0 fully saturated rings. The zero-order valence-electron chi connectivity index (χ0n) is 12.2. The molecule has 102 valence electrons. The van der Waals surface area contributed by atoms with E-state index in [9.17, 15) is 0 Å². The Balaban J connectivity index is 2.66. The molecule has 18 heavy (non-hydrogen) atoms. The van der Waals surface area contributed by atoms with E-state index in [1.807, 2.05) is 11.8 Å². The van der Waals surface area contributed by atoms with Crippen molar-refractivity contribution in [2.75, 3.05) is 18.1 Å². The minimum absolute atomic E-state index is 0.493. The summed E-state index contributed by atoms with van der Waals surface area (Å²) in [6.07, 6.45) is 1.26. The van der Waals surface area contributed by atoms with Gasteiger partial charge >= 0.3 is 0 Å². The highest BCUT2D eigenvalue weighted by Gasteiger charge is 2.10. The second-order valence-corrected chi connectivity index (χ2v) is 6.16. The molecule has 0 aliphatic carbocycles. The van der Waals surface area contributed by atoms with Crippen molar-refractivity contribution in [1.82, 2.24) is 5.32 Å². The number of hydrogen-bond acceptors (Lipinski definition) is 2. The standard InChI is InChI=1S/C16H27NS/c1-5-11-18-12-16(17-6-2)15-9-7-14(8-10-15)13(3)4/h7-10,13,16-17H,5-6,11-12H2,1-4H3. The first kappa shape index (κ1) is 15.6. The molecule has 2 heteroatoms. The highest BCUT2D eigenvalue weighted by Crippen LogP contribution is 2.22. The molecule has 1 aromatic rings. The van der Waals surface area contributed by atoms with Crippen LogP contribution in [0.25, 0.3) is 0 Å². The normalized spacial score (nSPS) is 12.9. The van der Waals surface area contributed by atoms with E-state index in [0.717, 1.165) is 6.54 Å². The first-order valence-corrected chi connectivity index (χ1v) is 8.25. The van der Waals surface area contributed by atoms with Gasteiger partial charge in [0, 0.05) is 11.8 Å². The summed E-state index contributed by atoms with van der Waals surface area (Å²) >= 11 is 2.04. The molecule has 0 bridgehead atoms. The van der Waals surface area contributed by atoms with E-state index >= 15 is 0 Å². The van der Waals surface area contributed by atoms with Crippen LogP contribution in [0.5, 0.6) is 0 Å². The maximum atomic E-state index is 3.59. The van der Waals surface area contributed by atoms with Crippen LogP contribution in [0.1, 0.15) is 57.2 Å². The van der Waals surface area contributed by atoms with E-state index in [1.165, 1.54) is 29.1 Å². The van der Waals surface area contributed by atoms with Gasteiger partial charge in [0.2, 0.25) is 0 Å². The van der Waals surface area contributed by atoms with Gasteiger partial charge in [-0.15, -0.1) is 0 Å². The third-order valence-corrected chi connectivity index (χ3v) is 4.35.